The lowest BCUT2D eigenvalue weighted by molar-refractivity contribution is -0.124. The van der Waals surface area contributed by atoms with Crippen molar-refractivity contribution in [3.8, 4) is 5.75 Å². The maximum Gasteiger partial charge on any atom is 0.335 e. The van der Waals surface area contributed by atoms with Crippen molar-refractivity contribution in [2.24, 2.45) is 0 Å². The van der Waals surface area contributed by atoms with Crippen molar-refractivity contribution in [2.45, 2.75) is 18.9 Å². The number of rotatable bonds is 5. The summed E-state index contributed by atoms with van der Waals surface area (Å²) in [5.41, 5.74) is 0.132. The van der Waals surface area contributed by atoms with E-state index in [1.54, 1.807) is 12.1 Å². The summed E-state index contributed by atoms with van der Waals surface area (Å²) >= 11 is 0. The molecule has 6 heteroatoms. The molecule has 1 heterocycles. The molecule has 1 aliphatic heterocycles. The van der Waals surface area contributed by atoms with Crippen LogP contribution in [0.3, 0.4) is 0 Å². The molecule has 1 aromatic rings. The number of carboxylic acids is 1. The molecule has 0 saturated carbocycles. The summed E-state index contributed by atoms with van der Waals surface area (Å²) in [6.07, 6.45) is 1.61. The van der Waals surface area contributed by atoms with Crippen LogP contribution in [0.15, 0.2) is 24.3 Å². The van der Waals surface area contributed by atoms with Gasteiger partial charge < -0.3 is 19.9 Å². The van der Waals surface area contributed by atoms with Gasteiger partial charge in [0.25, 0.3) is 5.91 Å². The topological polar surface area (TPSA) is 84.9 Å². The van der Waals surface area contributed by atoms with Crippen molar-refractivity contribution in [1.82, 2.24) is 5.32 Å². The zero-order chi connectivity index (χ0) is 14.4. The van der Waals surface area contributed by atoms with Crippen molar-refractivity contribution < 1.29 is 24.2 Å². The molecular weight excluding hydrogens is 262 g/mol. The summed E-state index contributed by atoms with van der Waals surface area (Å²) in [5.74, 6) is -0.869. The van der Waals surface area contributed by atoms with E-state index >= 15 is 0 Å². The van der Waals surface area contributed by atoms with E-state index in [1.807, 2.05) is 0 Å². The largest absolute Gasteiger partial charge is 0.484 e. The summed E-state index contributed by atoms with van der Waals surface area (Å²) in [6, 6.07) is 6.19. The zero-order valence-electron chi connectivity index (χ0n) is 11.0. The van der Waals surface area contributed by atoms with Gasteiger partial charge in [-0.25, -0.2) is 4.79 Å². The first-order valence-electron chi connectivity index (χ1n) is 6.48. The molecule has 2 rings (SSSR count). The number of benzene rings is 1. The van der Waals surface area contributed by atoms with Crippen LogP contribution in [-0.4, -0.2) is 42.8 Å². The van der Waals surface area contributed by atoms with Gasteiger partial charge in [-0.05, 0) is 31.0 Å². The maximum atomic E-state index is 11.7. The van der Waals surface area contributed by atoms with Gasteiger partial charge >= 0.3 is 5.97 Å². The Balaban J connectivity index is 1.80. The number of carboxylic acid groups (broad SMARTS) is 1. The molecule has 0 aromatic heterocycles. The third kappa shape index (κ3) is 4.24. The Morgan fingerprint density at radius 2 is 2.10 bits per heavy atom. The molecule has 0 atom stereocenters. The Labute approximate surface area is 116 Å². The molecule has 20 heavy (non-hydrogen) atoms. The van der Waals surface area contributed by atoms with Crippen molar-refractivity contribution in [3.63, 3.8) is 0 Å². The summed E-state index contributed by atoms with van der Waals surface area (Å²) in [6.45, 7) is 1.19. The Bertz CT molecular complexity index is 482. The Morgan fingerprint density at radius 3 is 2.80 bits per heavy atom. The lowest BCUT2D eigenvalue weighted by Crippen LogP contribution is -2.41. The molecular formula is C14H17NO5. The summed E-state index contributed by atoms with van der Waals surface area (Å²) < 4.78 is 10.5. The third-order valence-electron chi connectivity index (χ3n) is 3.04. The molecule has 0 radical (unpaired) electrons. The highest BCUT2D eigenvalue weighted by Crippen LogP contribution is 2.13. The van der Waals surface area contributed by atoms with Crippen molar-refractivity contribution in [1.29, 1.82) is 0 Å². The van der Waals surface area contributed by atoms with E-state index in [-0.39, 0.29) is 24.1 Å². The number of amides is 1. The predicted octanol–water partition coefficient (Wildman–Crippen LogP) is 1.06. The van der Waals surface area contributed by atoms with Gasteiger partial charge in [-0.15, -0.1) is 0 Å². The minimum Gasteiger partial charge on any atom is -0.484 e. The van der Waals surface area contributed by atoms with E-state index in [0.29, 0.717) is 19.0 Å². The molecule has 1 saturated heterocycles. The van der Waals surface area contributed by atoms with Crippen LogP contribution in [-0.2, 0) is 9.53 Å². The van der Waals surface area contributed by atoms with Crippen LogP contribution in [0, 0.1) is 0 Å². The van der Waals surface area contributed by atoms with Gasteiger partial charge in [0, 0.05) is 19.3 Å². The zero-order valence-corrected chi connectivity index (χ0v) is 11.0. The van der Waals surface area contributed by atoms with E-state index in [9.17, 15) is 9.59 Å². The van der Waals surface area contributed by atoms with Gasteiger partial charge in [0.1, 0.15) is 5.75 Å². The standard InChI is InChI=1S/C14H17NO5/c16-13(15-11-4-6-19-7-5-11)9-20-12-3-1-2-10(8-12)14(17)18/h1-3,8,11H,4-7,9H2,(H,15,16)(H,17,18). The number of carbonyl (C=O) groups excluding carboxylic acids is 1. The lowest BCUT2D eigenvalue weighted by atomic mass is 10.1. The van der Waals surface area contributed by atoms with Crippen LogP contribution in [0.1, 0.15) is 23.2 Å². The number of hydrogen-bond acceptors (Lipinski definition) is 4. The van der Waals surface area contributed by atoms with Crippen LogP contribution >= 0.6 is 0 Å². The van der Waals surface area contributed by atoms with Crippen molar-refractivity contribution in [3.05, 3.63) is 29.8 Å². The fourth-order valence-corrected chi connectivity index (χ4v) is 1.98. The van der Waals surface area contributed by atoms with Gasteiger partial charge in [0.05, 0.1) is 5.56 Å². The molecule has 0 unspecified atom stereocenters. The molecule has 1 amide bonds. The first-order chi connectivity index (χ1) is 9.65. The minimum atomic E-state index is -1.03. The SMILES string of the molecule is O=C(COc1cccc(C(=O)O)c1)NC1CCOCC1. The van der Waals surface area contributed by atoms with Crippen LogP contribution < -0.4 is 10.1 Å². The van der Waals surface area contributed by atoms with Crippen molar-refractivity contribution in [2.75, 3.05) is 19.8 Å². The highest BCUT2D eigenvalue weighted by molar-refractivity contribution is 5.88. The Hall–Kier alpha value is -2.08. The van der Waals surface area contributed by atoms with E-state index in [2.05, 4.69) is 5.32 Å². The normalized spacial score (nSPS) is 15.6. The molecule has 0 bridgehead atoms. The first kappa shape index (κ1) is 14.3. The number of aromatic carboxylic acids is 1. The first-order valence-corrected chi connectivity index (χ1v) is 6.48. The Morgan fingerprint density at radius 1 is 1.35 bits per heavy atom. The molecule has 6 nitrogen and oxygen atoms in total. The second kappa shape index (κ2) is 6.91. The van der Waals surface area contributed by atoms with E-state index < -0.39 is 5.97 Å². The molecule has 2 N–H and O–H groups in total. The minimum absolute atomic E-state index is 0.125. The second-order valence-electron chi connectivity index (χ2n) is 4.58. The van der Waals surface area contributed by atoms with Crippen molar-refractivity contribution >= 4 is 11.9 Å². The average Bonchev–Trinajstić information content (AvgIpc) is 2.46. The van der Waals surface area contributed by atoms with Crippen LogP contribution in [0.5, 0.6) is 5.75 Å². The quantitative estimate of drug-likeness (QED) is 0.841. The molecule has 1 aromatic carbocycles. The number of carbonyl (C=O) groups is 2. The summed E-state index contributed by atoms with van der Waals surface area (Å²) in [7, 11) is 0. The van der Waals surface area contributed by atoms with Crippen LogP contribution in [0.4, 0.5) is 0 Å². The van der Waals surface area contributed by atoms with Crippen LogP contribution in [0.2, 0.25) is 0 Å². The summed E-state index contributed by atoms with van der Waals surface area (Å²) in [4.78, 5) is 22.5. The maximum absolute atomic E-state index is 11.7. The molecule has 0 aliphatic carbocycles. The molecule has 1 aliphatic rings. The number of nitrogens with one attached hydrogen (secondary N) is 1. The monoisotopic (exact) mass is 279 g/mol. The fourth-order valence-electron chi connectivity index (χ4n) is 1.98. The van der Waals surface area contributed by atoms with Crippen LogP contribution in [0.25, 0.3) is 0 Å². The van der Waals surface area contributed by atoms with E-state index in [0.717, 1.165) is 12.8 Å². The van der Waals surface area contributed by atoms with Gasteiger partial charge in [0.2, 0.25) is 0 Å². The lowest BCUT2D eigenvalue weighted by Gasteiger charge is -2.23. The van der Waals surface area contributed by atoms with Gasteiger partial charge in [0.15, 0.2) is 6.61 Å². The summed E-state index contributed by atoms with van der Waals surface area (Å²) in [5, 5.41) is 11.7. The highest BCUT2D eigenvalue weighted by Gasteiger charge is 2.16. The average molecular weight is 279 g/mol. The molecule has 108 valence electrons. The highest BCUT2D eigenvalue weighted by atomic mass is 16.5. The van der Waals surface area contributed by atoms with E-state index in [4.69, 9.17) is 14.6 Å². The second-order valence-corrected chi connectivity index (χ2v) is 4.58. The van der Waals surface area contributed by atoms with Gasteiger partial charge in [-0.1, -0.05) is 6.07 Å². The fraction of sp³-hybridized carbons (Fsp3) is 0.429. The molecule has 1 fully saturated rings. The van der Waals surface area contributed by atoms with Gasteiger partial charge in [-0.2, -0.15) is 0 Å². The Kier molecular flexibility index (Phi) is 4.95. The van der Waals surface area contributed by atoms with E-state index in [1.165, 1.54) is 12.1 Å². The smallest absolute Gasteiger partial charge is 0.335 e. The molecule has 0 spiro atoms. The third-order valence-corrected chi connectivity index (χ3v) is 3.04. The number of ether oxygens (including phenoxy) is 2. The van der Waals surface area contributed by atoms with Gasteiger partial charge in [-0.3, -0.25) is 4.79 Å². The number of hydrogen-bond donors (Lipinski definition) is 2. The predicted molar refractivity (Wildman–Crippen MR) is 70.9 cm³/mol.